The van der Waals surface area contributed by atoms with E-state index < -0.39 is 0 Å². The quantitative estimate of drug-likeness (QED) is 0.387. The summed E-state index contributed by atoms with van der Waals surface area (Å²) in [5.74, 6) is 3.20. The molecule has 1 aliphatic rings. The maximum absolute atomic E-state index is 4.84. The molecule has 7 nitrogen and oxygen atoms in total. The van der Waals surface area contributed by atoms with E-state index in [4.69, 9.17) is 9.97 Å². The molecule has 1 fully saturated rings. The number of aromatic nitrogens is 5. The molecule has 7 heteroatoms. The summed E-state index contributed by atoms with van der Waals surface area (Å²) in [5, 5.41) is 4.57. The van der Waals surface area contributed by atoms with Gasteiger partial charge in [0.25, 0.3) is 0 Å². The number of nitrogens with one attached hydrogen (secondary N) is 1. The maximum atomic E-state index is 4.84. The van der Waals surface area contributed by atoms with E-state index >= 15 is 0 Å². The summed E-state index contributed by atoms with van der Waals surface area (Å²) < 4.78 is 2.18. The van der Waals surface area contributed by atoms with Crippen molar-refractivity contribution in [3.8, 4) is 11.4 Å². The number of hydrogen-bond donors (Lipinski definition) is 1. The maximum Gasteiger partial charge on any atom is 0.156 e. The van der Waals surface area contributed by atoms with Crippen molar-refractivity contribution in [2.45, 2.75) is 18.8 Å². The molecule has 34 heavy (non-hydrogen) atoms. The van der Waals surface area contributed by atoms with Gasteiger partial charge in [0, 0.05) is 42.1 Å². The molecule has 0 aliphatic heterocycles. The molecule has 0 radical (unpaired) electrons. The molecule has 0 spiro atoms. The van der Waals surface area contributed by atoms with Crippen LogP contribution < -0.4 is 5.32 Å². The third-order valence-electron chi connectivity index (χ3n) is 6.59. The summed E-state index contributed by atoms with van der Waals surface area (Å²) in [5.41, 5.74) is 4.57. The van der Waals surface area contributed by atoms with Crippen LogP contribution >= 0.6 is 0 Å². The Morgan fingerprint density at radius 1 is 0.971 bits per heavy atom. The van der Waals surface area contributed by atoms with Crippen LogP contribution in [-0.4, -0.2) is 49.9 Å². The van der Waals surface area contributed by atoms with Gasteiger partial charge in [-0.2, -0.15) is 0 Å². The van der Waals surface area contributed by atoms with Crippen LogP contribution in [0.2, 0.25) is 0 Å². The highest BCUT2D eigenvalue weighted by Crippen LogP contribution is 2.41. The van der Waals surface area contributed by atoms with Crippen molar-refractivity contribution in [3.05, 3.63) is 79.1 Å². The number of benzene rings is 1. The number of nitrogens with zero attached hydrogens (tertiary/aromatic N) is 6. The number of rotatable bonds is 6. The summed E-state index contributed by atoms with van der Waals surface area (Å²) in [6.45, 7) is 1.15. The van der Waals surface area contributed by atoms with Crippen molar-refractivity contribution < 1.29 is 0 Å². The second-order valence-electron chi connectivity index (χ2n) is 9.39. The predicted molar refractivity (Wildman–Crippen MR) is 135 cm³/mol. The molecule has 0 amide bonds. The molecule has 1 saturated carbocycles. The van der Waals surface area contributed by atoms with Gasteiger partial charge in [-0.25, -0.2) is 15.0 Å². The fourth-order valence-corrected chi connectivity index (χ4v) is 4.95. The van der Waals surface area contributed by atoms with Crippen LogP contribution in [0, 0.1) is 5.92 Å². The minimum Gasteiger partial charge on any atom is -0.338 e. The Kier molecular flexibility index (Phi) is 5.19. The summed E-state index contributed by atoms with van der Waals surface area (Å²) >= 11 is 0. The van der Waals surface area contributed by atoms with E-state index in [2.05, 4.69) is 62.9 Å². The third-order valence-corrected chi connectivity index (χ3v) is 6.59. The molecule has 4 aromatic heterocycles. The van der Waals surface area contributed by atoms with Gasteiger partial charge in [-0.3, -0.25) is 9.38 Å². The van der Waals surface area contributed by atoms with Crippen molar-refractivity contribution in [3.63, 3.8) is 0 Å². The zero-order valence-electron chi connectivity index (χ0n) is 19.4. The summed E-state index contributed by atoms with van der Waals surface area (Å²) in [6, 6.07) is 16.2. The third kappa shape index (κ3) is 3.88. The Labute approximate surface area is 198 Å². The topological polar surface area (TPSA) is 71.2 Å². The zero-order chi connectivity index (χ0) is 23.1. The van der Waals surface area contributed by atoms with Gasteiger partial charge < -0.3 is 10.2 Å². The minimum atomic E-state index is 0.512. The van der Waals surface area contributed by atoms with Gasteiger partial charge in [0.05, 0.1) is 23.1 Å². The van der Waals surface area contributed by atoms with Gasteiger partial charge in [0.1, 0.15) is 11.3 Å². The van der Waals surface area contributed by atoms with Gasteiger partial charge in [0.2, 0.25) is 0 Å². The number of hydrogen-bond acceptors (Lipinski definition) is 6. The summed E-state index contributed by atoms with van der Waals surface area (Å²) in [4.78, 5) is 20.9. The second kappa shape index (κ2) is 8.50. The average molecular weight is 450 g/mol. The van der Waals surface area contributed by atoms with E-state index in [9.17, 15) is 0 Å². The second-order valence-corrected chi connectivity index (χ2v) is 9.39. The lowest BCUT2D eigenvalue weighted by Crippen LogP contribution is -2.32. The average Bonchev–Trinajstić information content (AvgIpc) is 3.26. The largest absolute Gasteiger partial charge is 0.338 e. The monoisotopic (exact) mass is 449 g/mol. The number of anilines is 2. The lowest BCUT2D eigenvalue weighted by Gasteiger charge is -2.36. The lowest BCUT2D eigenvalue weighted by atomic mass is 9.74. The molecule has 5 aromatic rings. The molecule has 6 rings (SSSR count). The normalized spacial score (nSPS) is 17.9. The van der Waals surface area contributed by atoms with Crippen molar-refractivity contribution in [1.29, 1.82) is 0 Å². The first-order chi connectivity index (χ1) is 16.6. The van der Waals surface area contributed by atoms with E-state index in [0.29, 0.717) is 5.92 Å². The molecule has 0 saturated heterocycles. The van der Waals surface area contributed by atoms with Gasteiger partial charge in [-0.05, 0) is 63.2 Å². The first kappa shape index (κ1) is 20.7. The van der Waals surface area contributed by atoms with Crippen molar-refractivity contribution in [1.82, 2.24) is 29.2 Å². The van der Waals surface area contributed by atoms with Gasteiger partial charge in [-0.15, -0.1) is 0 Å². The van der Waals surface area contributed by atoms with Crippen molar-refractivity contribution >= 4 is 27.9 Å². The first-order valence-corrected chi connectivity index (χ1v) is 11.7. The van der Waals surface area contributed by atoms with Gasteiger partial charge in [0.15, 0.2) is 5.82 Å². The smallest absolute Gasteiger partial charge is 0.156 e. The van der Waals surface area contributed by atoms with Crippen LogP contribution in [0.1, 0.15) is 24.6 Å². The molecule has 1 aliphatic carbocycles. The van der Waals surface area contributed by atoms with Crippen LogP contribution in [0.3, 0.4) is 0 Å². The fraction of sp³-hybridized carbons (Fsp3) is 0.259. The Bertz CT molecular complexity index is 1450. The predicted octanol–water partition coefficient (Wildman–Crippen LogP) is 5.14. The minimum absolute atomic E-state index is 0.512. The summed E-state index contributed by atoms with van der Waals surface area (Å²) in [7, 11) is 4.28. The van der Waals surface area contributed by atoms with Crippen LogP contribution in [0.25, 0.3) is 27.8 Å². The van der Waals surface area contributed by atoms with E-state index in [0.717, 1.165) is 57.6 Å². The molecule has 170 valence electrons. The molecular weight excluding hydrogens is 422 g/mol. The molecule has 1 N–H and O–H groups in total. The molecule has 0 atom stereocenters. The SMILES string of the molecule is CN(C)CC1CC(c2ncc3c(Nc4ccc5ccc(-c6ccccn6)nc5c4)nccn23)C1. The zero-order valence-corrected chi connectivity index (χ0v) is 19.4. The Hall–Kier alpha value is -3.84. The highest BCUT2D eigenvalue weighted by Gasteiger charge is 2.33. The lowest BCUT2D eigenvalue weighted by molar-refractivity contribution is 0.194. The fourth-order valence-electron chi connectivity index (χ4n) is 4.95. The van der Waals surface area contributed by atoms with Crippen LogP contribution in [0.15, 0.2) is 73.3 Å². The number of fused-ring (bicyclic) bond motifs is 2. The molecule has 4 heterocycles. The van der Waals surface area contributed by atoms with Crippen LogP contribution in [0.4, 0.5) is 11.5 Å². The molecular formula is C27H27N7. The highest BCUT2D eigenvalue weighted by atomic mass is 15.1. The van der Waals surface area contributed by atoms with E-state index in [1.165, 1.54) is 12.8 Å². The Balaban J connectivity index is 1.27. The van der Waals surface area contributed by atoms with E-state index in [-0.39, 0.29) is 0 Å². The van der Waals surface area contributed by atoms with Gasteiger partial charge in [-0.1, -0.05) is 18.2 Å². The van der Waals surface area contributed by atoms with Crippen molar-refractivity contribution in [2.24, 2.45) is 5.92 Å². The van der Waals surface area contributed by atoms with Crippen molar-refractivity contribution in [2.75, 3.05) is 26.0 Å². The number of pyridine rings is 2. The molecule has 1 aromatic carbocycles. The Morgan fingerprint density at radius 2 is 1.85 bits per heavy atom. The molecule has 0 unspecified atom stereocenters. The van der Waals surface area contributed by atoms with E-state index in [1.54, 1.807) is 6.20 Å². The van der Waals surface area contributed by atoms with Crippen LogP contribution in [0.5, 0.6) is 0 Å². The summed E-state index contributed by atoms with van der Waals surface area (Å²) in [6.07, 6.45) is 9.96. The standard InChI is InChI=1S/C27H27N7/c1-33(2)17-18-13-20(14-18)27-30-16-25-26(29-11-12-34(25)27)31-21-8-6-19-7-9-23(32-24(19)15-21)22-5-3-4-10-28-22/h3-12,15-16,18,20H,13-14,17H2,1-2H3,(H,29,31). The first-order valence-electron chi connectivity index (χ1n) is 11.7. The number of imidazole rings is 1. The molecule has 0 bridgehead atoms. The van der Waals surface area contributed by atoms with E-state index in [1.807, 2.05) is 42.9 Å². The van der Waals surface area contributed by atoms with Crippen LogP contribution in [-0.2, 0) is 0 Å². The highest BCUT2D eigenvalue weighted by molar-refractivity contribution is 5.86. The Morgan fingerprint density at radius 3 is 2.68 bits per heavy atom. The van der Waals surface area contributed by atoms with Gasteiger partial charge >= 0.3 is 0 Å².